The van der Waals surface area contributed by atoms with E-state index in [2.05, 4.69) is 20.0 Å². The summed E-state index contributed by atoms with van der Waals surface area (Å²) in [5.41, 5.74) is 4.57. The highest BCUT2D eigenvalue weighted by molar-refractivity contribution is 7.58. The minimum absolute atomic E-state index is 0.127. The number of rotatable bonds is 5. The lowest BCUT2D eigenvalue weighted by Crippen LogP contribution is -2.48. The number of carbonyl (C=O) groups is 2. The number of cyclic esters (lactones) is 1. The maximum absolute atomic E-state index is 12.3. The molecule has 2 aromatic rings. The number of hydrogen-bond donors (Lipinski definition) is 4. The van der Waals surface area contributed by atoms with Gasteiger partial charge in [0.25, 0.3) is 0 Å². The number of aromatic nitrogens is 4. The molecule has 2 aromatic heterocycles. The fraction of sp³-hybridized carbons (Fsp3) is 0.632. The number of carbonyl (C=O) groups excluding carboxylic acids is 2. The van der Waals surface area contributed by atoms with Gasteiger partial charge < -0.3 is 39.2 Å². The van der Waals surface area contributed by atoms with Crippen LogP contribution >= 0.6 is 8.09 Å². The Morgan fingerprint density at radius 2 is 2.08 bits per heavy atom. The molecule has 2 aliphatic heterocycles. The summed E-state index contributed by atoms with van der Waals surface area (Å²) in [6, 6.07) is -1.03. The normalized spacial score (nSPS) is 32.0. The van der Waals surface area contributed by atoms with Crippen molar-refractivity contribution in [2.45, 2.75) is 63.9 Å². The third-order valence-corrected chi connectivity index (χ3v) is 7.13. The number of imidazole rings is 1. The number of nitrogens with one attached hydrogen (secondary N) is 1. The van der Waals surface area contributed by atoms with Gasteiger partial charge in [-0.3, -0.25) is 13.9 Å². The number of nitrogens with zero attached hydrogens (tertiary/aromatic N) is 4. The van der Waals surface area contributed by atoms with Crippen LogP contribution in [0.15, 0.2) is 12.7 Å². The maximum atomic E-state index is 12.3. The second-order valence-corrected chi connectivity index (χ2v) is 10.5. The lowest BCUT2D eigenvalue weighted by molar-refractivity contribution is -0.149. The van der Waals surface area contributed by atoms with Crippen LogP contribution in [-0.4, -0.2) is 85.0 Å². The molecule has 4 rings (SSSR count). The number of ether oxygens (including phenoxy) is 4. The van der Waals surface area contributed by atoms with Crippen LogP contribution < -0.4 is 10.8 Å². The van der Waals surface area contributed by atoms with E-state index in [1.807, 2.05) is 0 Å². The molecule has 2 saturated heterocycles. The molecule has 0 amide bonds. The molecular formula is C19H28N6O10P. The van der Waals surface area contributed by atoms with Crippen molar-refractivity contribution in [3.05, 3.63) is 12.7 Å². The topological polar surface area (TPSA) is 212 Å². The van der Waals surface area contributed by atoms with Gasteiger partial charge in [-0.2, -0.15) is 0 Å². The number of nitrogen functional groups attached to an aromatic ring is 1. The third-order valence-electron chi connectivity index (χ3n) is 5.46. The summed E-state index contributed by atoms with van der Waals surface area (Å²) in [5.74, 6) is -0.531. The van der Waals surface area contributed by atoms with Gasteiger partial charge >= 0.3 is 20.2 Å². The summed E-state index contributed by atoms with van der Waals surface area (Å²) in [5, 5.41) is 13.9. The molecule has 0 aromatic carbocycles. The molecule has 0 aliphatic carbocycles. The van der Waals surface area contributed by atoms with E-state index in [1.54, 1.807) is 13.8 Å². The average Bonchev–Trinajstić information content (AvgIpc) is 3.31. The second-order valence-electron chi connectivity index (χ2n) is 8.67. The number of esters is 1. The van der Waals surface area contributed by atoms with Crippen molar-refractivity contribution in [2.75, 3.05) is 19.1 Å². The van der Waals surface area contributed by atoms with E-state index < -0.39 is 63.7 Å². The van der Waals surface area contributed by atoms with E-state index in [1.165, 1.54) is 31.1 Å². The van der Waals surface area contributed by atoms with Crippen LogP contribution in [0, 0.1) is 0 Å². The molecular weight excluding hydrogens is 503 g/mol. The van der Waals surface area contributed by atoms with Gasteiger partial charge in [-0.1, -0.05) is 0 Å². The van der Waals surface area contributed by atoms with Crippen molar-refractivity contribution >= 4 is 37.2 Å². The molecule has 16 nitrogen and oxygen atoms in total. The van der Waals surface area contributed by atoms with Crippen molar-refractivity contribution in [3.63, 3.8) is 0 Å². The fourth-order valence-corrected chi connectivity index (χ4v) is 5.17. The Bertz CT molecular complexity index is 1130. The minimum Gasteiger partial charge on any atom is -0.462 e. The zero-order valence-electron chi connectivity index (χ0n) is 19.9. The highest BCUT2D eigenvalue weighted by Gasteiger charge is 2.57. The molecule has 2 unspecified atom stereocenters. The van der Waals surface area contributed by atoms with Crippen molar-refractivity contribution in [1.82, 2.24) is 24.6 Å². The number of hydrogen-bond acceptors (Lipinski definition) is 15. The highest BCUT2D eigenvalue weighted by Crippen LogP contribution is 2.54. The van der Waals surface area contributed by atoms with Crippen LogP contribution in [0.5, 0.6) is 0 Å². The Kier molecular flexibility index (Phi) is 7.30. The summed E-state index contributed by atoms with van der Waals surface area (Å²) < 4.78 is 33.5. The number of fused-ring (bicyclic) bond motifs is 2. The summed E-state index contributed by atoms with van der Waals surface area (Å²) >= 11 is 0. The van der Waals surface area contributed by atoms with Crippen molar-refractivity contribution in [2.24, 2.45) is 0 Å². The summed E-state index contributed by atoms with van der Waals surface area (Å²) in [6.45, 7) is 5.02. The molecule has 199 valence electrons. The molecule has 0 saturated carbocycles. The molecule has 5 N–H and O–H groups in total. The fourth-order valence-electron chi connectivity index (χ4n) is 3.80. The largest absolute Gasteiger partial charge is 0.510 e. The summed E-state index contributed by atoms with van der Waals surface area (Å²) in [7, 11) is -3.98. The molecule has 4 heterocycles. The predicted molar refractivity (Wildman–Crippen MR) is 120 cm³/mol. The molecule has 17 heteroatoms. The molecule has 1 radical (unpaired) electrons. The van der Waals surface area contributed by atoms with Gasteiger partial charge in [0.05, 0.1) is 19.0 Å². The Balaban J connectivity index is 1.58. The lowest BCUT2D eigenvalue weighted by atomic mass is 9.96. The van der Waals surface area contributed by atoms with Crippen molar-refractivity contribution in [1.29, 1.82) is 0 Å². The Morgan fingerprint density at radius 3 is 2.81 bits per heavy atom. The number of nitrogens with two attached hydrogens (primary N) is 1. The van der Waals surface area contributed by atoms with E-state index in [4.69, 9.17) is 33.7 Å². The molecule has 0 bridgehead atoms. The first-order valence-electron chi connectivity index (χ1n) is 10.9. The van der Waals surface area contributed by atoms with Crippen LogP contribution in [0.25, 0.3) is 11.2 Å². The molecule has 6 atom stereocenters. The van der Waals surface area contributed by atoms with Gasteiger partial charge in [0.1, 0.15) is 29.6 Å². The van der Waals surface area contributed by atoms with Gasteiger partial charge in [0.15, 0.2) is 23.8 Å². The van der Waals surface area contributed by atoms with Gasteiger partial charge in [0, 0.05) is 0 Å². The maximum Gasteiger partial charge on any atom is 0.510 e. The molecule has 0 spiro atoms. The van der Waals surface area contributed by atoms with Crippen LogP contribution in [0.3, 0.4) is 0 Å². The Morgan fingerprint density at radius 1 is 1.33 bits per heavy atom. The molecule has 2 aliphatic rings. The SMILES string of the molecule is CC(C)OC(=O)C(C)N[P]1(O)OCOC(=O)O[C@@H]2[C@@H](CO1)O[C@@H](n1cnc3c(N)ncnc31)[C@]2(C)O. The van der Waals surface area contributed by atoms with E-state index in [-0.39, 0.29) is 23.1 Å². The molecule has 2 fully saturated rings. The van der Waals surface area contributed by atoms with Crippen molar-refractivity contribution in [3.8, 4) is 0 Å². The second kappa shape index (κ2) is 9.97. The first-order chi connectivity index (χ1) is 16.9. The average molecular weight is 531 g/mol. The number of aliphatic hydroxyl groups is 1. The summed E-state index contributed by atoms with van der Waals surface area (Å²) in [4.78, 5) is 47.6. The van der Waals surface area contributed by atoms with E-state index in [0.29, 0.717) is 0 Å². The van der Waals surface area contributed by atoms with Gasteiger partial charge in [-0.25, -0.2) is 24.8 Å². The smallest absolute Gasteiger partial charge is 0.462 e. The van der Waals surface area contributed by atoms with Crippen LogP contribution in [-0.2, 0) is 32.8 Å². The number of anilines is 1. The first-order valence-corrected chi connectivity index (χ1v) is 12.5. The summed E-state index contributed by atoms with van der Waals surface area (Å²) in [6.07, 6.45) is -2.57. The monoisotopic (exact) mass is 531 g/mol. The highest BCUT2D eigenvalue weighted by atomic mass is 31.2. The van der Waals surface area contributed by atoms with E-state index >= 15 is 0 Å². The zero-order chi connectivity index (χ0) is 26.3. The Hall–Kier alpha value is -2.72. The molecule has 36 heavy (non-hydrogen) atoms. The zero-order valence-corrected chi connectivity index (χ0v) is 20.8. The third kappa shape index (κ3) is 5.20. The van der Waals surface area contributed by atoms with E-state index in [0.717, 1.165) is 0 Å². The van der Waals surface area contributed by atoms with Gasteiger partial charge in [-0.05, 0) is 27.7 Å². The van der Waals surface area contributed by atoms with Crippen LogP contribution in [0.2, 0.25) is 0 Å². The minimum atomic E-state index is -3.98. The quantitative estimate of drug-likeness (QED) is 0.299. The van der Waals surface area contributed by atoms with Gasteiger partial charge in [-0.15, -0.1) is 0 Å². The first kappa shape index (κ1) is 26.3. The van der Waals surface area contributed by atoms with Crippen molar-refractivity contribution < 1.29 is 47.6 Å². The predicted octanol–water partition coefficient (Wildman–Crippen LogP) is 0.183. The van der Waals surface area contributed by atoms with E-state index in [9.17, 15) is 19.6 Å². The van der Waals surface area contributed by atoms with Crippen LogP contribution in [0.4, 0.5) is 10.6 Å². The van der Waals surface area contributed by atoms with Gasteiger partial charge in [0.2, 0.25) is 6.79 Å². The standard InChI is InChI=1S/C19H28N6O10P/c1-9(2)33-16(26)10(3)24-36(29)31-5-11-13(35-18(27)30-8-32-36)19(4,28)17(34-11)25-7-23-12-14(20)21-6-22-15(12)25/h6-7,9-11,13,17,24,28-29H,5,8H2,1-4H3,(H2,20,21,22)/t10?,11-,13-,17-,19-/m1/s1. The lowest BCUT2D eigenvalue weighted by Gasteiger charge is -2.34. The van der Waals surface area contributed by atoms with Crippen LogP contribution in [0.1, 0.15) is 33.9 Å². The Labute approximate surface area is 205 Å².